The van der Waals surface area contributed by atoms with Gasteiger partial charge in [0.25, 0.3) is 5.91 Å². The highest BCUT2D eigenvalue weighted by molar-refractivity contribution is 5.88. The third-order valence-electron chi connectivity index (χ3n) is 4.67. The molecule has 1 amide bonds. The Morgan fingerprint density at radius 1 is 1.40 bits per heavy atom. The number of carbonyl (C=O) groups is 1. The van der Waals surface area contributed by atoms with Crippen LogP contribution in [0, 0.1) is 5.92 Å². The Morgan fingerprint density at radius 3 is 2.90 bits per heavy atom. The number of nitrogens with zero attached hydrogens (tertiary/aromatic N) is 2. The first-order valence-electron chi connectivity index (χ1n) is 7.55. The van der Waals surface area contributed by atoms with Gasteiger partial charge in [-0.1, -0.05) is 6.08 Å². The lowest BCUT2D eigenvalue weighted by Crippen LogP contribution is -2.51. The van der Waals surface area contributed by atoms with E-state index in [-0.39, 0.29) is 12.0 Å². The summed E-state index contributed by atoms with van der Waals surface area (Å²) in [4.78, 5) is 16.1. The first-order chi connectivity index (χ1) is 9.62. The number of alkyl halides is 1. The Labute approximate surface area is 119 Å². The highest BCUT2D eigenvalue weighted by Crippen LogP contribution is 2.42. The average Bonchev–Trinajstić information content (AvgIpc) is 3.21. The minimum Gasteiger partial charge on any atom is -0.375 e. The predicted molar refractivity (Wildman–Crippen MR) is 74.1 cm³/mol. The van der Waals surface area contributed by atoms with E-state index in [1.807, 2.05) is 6.08 Å². The van der Waals surface area contributed by atoms with E-state index in [1.165, 1.54) is 0 Å². The van der Waals surface area contributed by atoms with Crippen molar-refractivity contribution >= 4 is 5.91 Å². The Balaban J connectivity index is 1.60. The normalized spacial score (nSPS) is 33.1. The summed E-state index contributed by atoms with van der Waals surface area (Å²) in [6, 6.07) is 0. The van der Waals surface area contributed by atoms with Crippen molar-refractivity contribution in [1.29, 1.82) is 0 Å². The maximum Gasteiger partial charge on any atom is 0.260 e. The van der Waals surface area contributed by atoms with Crippen molar-refractivity contribution in [2.75, 3.05) is 39.3 Å². The van der Waals surface area contributed by atoms with E-state index in [4.69, 9.17) is 4.74 Å². The van der Waals surface area contributed by atoms with E-state index in [0.29, 0.717) is 38.5 Å². The Morgan fingerprint density at radius 2 is 2.20 bits per heavy atom. The first kappa shape index (κ1) is 14.0. The fourth-order valence-corrected chi connectivity index (χ4v) is 3.26. The molecule has 2 saturated heterocycles. The molecule has 3 rings (SSSR count). The zero-order chi connectivity index (χ0) is 14.2. The maximum atomic E-state index is 13.9. The summed E-state index contributed by atoms with van der Waals surface area (Å²) < 4.78 is 19.8. The summed E-state index contributed by atoms with van der Waals surface area (Å²) in [6.07, 6.45) is 3.67. The van der Waals surface area contributed by atoms with Gasteiger partial charge in [-0.3, -0.25) is 9.69 Å². The van der Waals surface area contributed by atoms with Gasteiger partial charge in [0.05, 0.1) is 12.7 Å². The van der Waals surface area contributed by atoms with Gasteiger partial charge in [0, 0.05) is 38.6 Å². The largest absolute Gasteiger partial charge is 0.375 e. The summed E-state index contributed by atoms with van der Waals surface area (Å²) in [6.45, 7) is 8.44. The van der Waals surface area contributed by atoms with E-state index in [0.717, 1.165) is 26.1 Å². The van der Waals surface area contributed by atoms with Gasteiger partial charge in [0.2, 0.25) is 0 Å². The third kappa shape index (κ3) is 2.74. The molecular weight excluding hydrogens is 259 g/mol. The Kier molecular flexibility index (Phi) is 3.82. The molecule has 0 spiro atoms. The summed E-state index contributed by atoms with van der Waals surface area (Å²) >= 11 is 0. The van der Waals surface area contributed by atoms with Crippen molar-refractivity contribution in [3.8, 4) is 0 Å². The van der Waals surface area contributed by atoms with Crippen molar-refractivity contribution < 1.29 is 13.9 Å². The smallest absolute Gasteiger partial charge is 0.260 e. The fourth-order valence-electron chi connectivity index (χ4n) is 3.26. The maximum absolute atomic E-state index is 13.9. The van der Waals surface area contributed by atoms with Crippen molar-refractivity contribution in [3.63, 3.8) is 0 Å². The molecule has 5 heteroatoms. The molecule has 0 aromatic rings. The van der Waals surface area contributed by atoms with Gasteiger partial charge in [0.15, 0.2) is 5.67 Å². The number of amides is 1. The van der Waals surface area contributed by atoms with Crippen LogP contribution in [0.3, 0.4) is 0 Å². The standard InChI is InChI=1S/C15H23FN2O2/c1-2-6-17-8-9-20-13-11-18(7-3-12(13)10-17)14(19)15(16)4-5-15/h2,12-13H,1,3-11H2/t12-,13-/m1/s1. The van der Waals surface area contributed by atoms with E-state index >= 15 is 0 Å². The van der Waals surface area contributed by atoms with Crippen molar-refractivity contribution in [3.05, 3.63) is 12.7 Å². The Bertz CT molecular complexity index is 397. The molecule has 1 aliphatic carbocycles. The molecule has 0 bridgehead atoms. The van der Waals surface area contributed by atoms with Gasteiger partial charge in [0.1, 0.15) is 0 Å². The number of fused-ring (bicyclic) bond motifs is 1. The molecule has 0 aromatic heterocycles. The zero-order valence-electron chi connectivity index (χ0n) is 11.9. The minimum atomic E-state index is -1.55. The summed E-state index contributed by atoms with van der Waals surface area (Å²) in [5.41, 5.74) is -1.55. The number of ether oxygens (including phenoxy) is 1. The van der Waals surface area contributed by atoms with Gasteiger partial charge in [-0.2, -0.15) is 0 Å². The first-order valence-corrected chi connectivity index (χ1v) is 7.55. The van der Waals surface area contributed by atoms with Crippen LogP contribution < -0.4 is 0 Å². The number of likely N-dealkylation sites (tertiary alicyclic amines) is 1. The van der Waals surface area contributed by atoms with E-state index in [2.05, 4.69) is 11.5 Å². The number of halogens is 1. The molecule has 20 heavy (non-hydrogen) atoms. The van der Waals surface area contributed by atoms with Gasteiger partial charge >= 0.3 is 0 Å². The molecule has 112 valence electrons. The lowest BCUT2D eigenvalue weighted by Gasteiger charge is -2.38. The topological polar surface area (TPSA) is 32.8 Å². The molecule has 0 radical (unpaired) electrons. The van der Waals surface area contributed by atoms with Crippen LogP contribution in [0.15, 0.2) is 12.7 Å². The molecule has 0 aromatic carbocycles. The molecule has 1 saturated carbocycles. The van der Waals surface area contributed by atoms with Gasteiger partial charge < -0.3 is 9.64 Å². The van der Waals surface area contributed by atoms with E-state index in [9.17, 15) is 9.18 Å². The van der Waals surface area contributed by atoms with E-state index in [1.54, 1.807) is 4.90 Å². The minimum absolute atomic E-state index is 0.0601. The van der Waals surface area contributed by atoms with Crippen LogP contribution in [0.1, 0.15) is 19.3 Å². The number of hydrogen-bond acceptors (Lipinski definition) is 3. The molecule has 2 heterocycles. The van der Waals surface area contributed by atoms with Crippen molar-refractivity contribution in [2.24, 2.45) is 5.92 Å². The number of rotatable bonds is 3. The molecule has 0 unspecified atom stereocenters. The zero-order valence-corrected chi connectivity index (χ0v) is 11.9. The highest BCUT2D eigenvalue weighted by atomic mass is 19.1. The second kappa shape index (κ2) is 5.45. The van der Waals surface area contributed by atoms with Gasteiger partial charge in [-0.25, -0.2) is 4.39 Å². The van der Waals surface area contributed by atoms with Gasteiger partial charge in [-0.05, 0) is 19.3 Å². The second-order valence-corrected chi connectivity index (χ2v) is 6.22. The van der Waals surface area contributed by atoms with Crippen molar-refractivity contribution in [1.82, 2.24) is 9.80 Å². The SMILES string of the molecule is C=CCN1CCO[C@@H]2CN(C(=O)C3(F)CC3)CC[C@@H]2C1. The molecule has 4 nitrogen and oxygen atoms in total. The number of hydrogen-bond donors (Lipinski definition) is 0. The molecule has 3 fully saturated rings. The molecule has 0 N–H and O–H groups in total. The monoisotopic (exact) mass is 282 g/mol. The third-order valence-corrected chi connectivity index (χ3v) is 4.67. The predicted octanol–water partition coefficient (Wildman–Crippen LogP) is 1.22. The summed E-state index contributed by atoms with van der Waals surface area (Å²) in [5.74, 6) is 0.128. The van der Waals surface area contributed by atoms with Crippen LogP contribution >= 0.6 is 0 Å². The fraction of sp³-hybridized carbons (Fsp3) is 0.800. The molecule has 3 aliphatic rings. The highest BCUT2D eigenvalue weighted by Gasteiger charge is 2.53. The lowest BCUT2D eigenvalue weighted by atomic mass is 9.93. The molecule has 2 atom stereocenters. The summed E-state index contributed by atoms with van der Waals surface area (Å²) in [7, 11) is 0. The molecular formula is C15H23FN2O2. The van der Waals surface area contributed by atoms with Crippen LogP contribution in [-0.4, -0.2) is 66.8 Å². The Hall–Kier alpha value is -0.940. The van der Waals surface area contributed by atoms with E-state index < -0.39 is 5.67 Å². The summed E-state index contributed by atoms with van der Waals surface area (Å²) in [5, 5.41) is 0. The van der Waals surface area contributed by atoms with Crippen LogP contribution in [0.4, 0.5) is 4.39 Å². The molecule has 2 aliphatic heterocycles. The quantitative estimate of drug-likeness (QED) is 0.730. The average molecular weight is 282 g/mol. The van der Waals surface area contributed by atoms with Crippen molar-refractivity contribution in [2.45, 2.75) is 31.0 Å². The van der Waals surface area contributed by atoms with Gasteiger partial charge in [-0.15, -0.1) is 6.58 Å². The number of piperidine rings is 1. The van der Waals surface area contributed by atoms with Crippen LogP contribution in [0.5, 0.6) is 0 Å². The lowest BCUT2D eigenvalue weighted by molar-refractivity contribution is -0.143. The van der Waals surface area contributed by atoms with Crippen LogP contribution in [0.2, 0.25) is 0 Å². The van der Waals surface area contributed by atoms with Crippen LogP contribution in [-0.2, 0) is 9.53 Å². The number of carbonyl (C=O) groups excluding carboxylic acids is 1. The van der Waals surface area contributed by atoms with Crippen LogP contribution in [0.25, 0.3) is 0 Å². The second-order valence-electron chi connectivity index (χ2n) is 6.22.